The van der Waals surface area contributed by atoms with Crippen molar-refractivity contribution in [1.29, 1.82) is 0 Å². The molecule has 2 aromatic carbocycles. The maximum absolute atomic E-state index is 10.3. The van der Waals surface area contributed by atoms with E-state index in [1.807, 2.05) is 49.7 Å². The Kier molecular flexibility index (Phi) is 7.86. The summed E-state index contributed by atoms with van der Waals surface area (Å²) in [5, 5.41) is 6.19. The zero-order valence-corrected chi connectivity index (χ0v) is 18.8. The molecule has 152 valence electrons. The van der Waals surface area contributed by atoms with Gasteiger partial charge in [-0.05, 0) is 81.1 Å². The molecule has 29 heavy (non-hydrogen) atoms. The summed E-state index contributed by atoms with van der Waals surface area (Å²) in [5.74, 6) is 0. The summed E-state index contributed by atoms with van der Waals surface area (Å²) < 4.78 is 2.01. The van der Waals surface area contributed by atoms with Crippen molar-refractivity contribution in [2.45, 2.75) is 30.6 Å². The second-order valence-electron chi connectivity index (χ2n) is 7.07. The van der Waals surface area contributed by atoms with Gasteiger partial charge in [-0.15, -0.1) is 11.3 Å². The standard InChI is InChI=1S/C14H16N2S.C9H11NOS/c1-15-14-16-13(9-17-14)12-7-6-10-4-2-3-5-11(10)8-12;1-10(2)12-9-5-3-8(7-11)4-6-9/h6-9H,2-5H2,1H3,(H,15,16);3-7H,1-2H3. The number of rotatable bonds is 5. The van der Waals surface area contributed by atoms with E-state index >= 15 is 0 Å². The fourth-order valence-electron chi connectivity index (χ4n) is 3.23. The number of nitrogens with one attached hydrogen (secondary N) is 1. The molecule has 1 aliphatic rings. The highest BCUT2D eigenvalue weighted by Gasteiger charge is 2.11. The molecule has 3 aromatic rings. The SMILES string of the molecule is CN(C)Sc1ccc(C=O)cc1.CNc1nc(-c2ccc3c(c2)CCCC3)cs1. The second-order valence-corrected chi connectivity index (χ2v) is 9.31. The Hall–Kier alpha value is -2.15. The molecular formula is C23H27N3OS2. The van der Waals surface area contributed by atoms with Gasteiger partial charge in [-0.3, -0.25) is 9.10 Å². The van der Waals surface area contributed by atoms with E-state index in [9.17, 15) is 4.79 Å². The van der Waals surface area contributed by atoms with E-state index in [2.05, 4.69) is 33.9 Å². The van der Waals surface area contributed by atoms with E-state index in [1.54, 1.807) is 23.3 Å². The van der Waals surface area contributed by atoms with Gasteiger partial charge in [0.1, 0.15) is 6.29 Å². The minimum atomic E-state index is 0.720. The molecule has 1 N–H and O–H groups in total. The Morgan fingerprint density at radius 3 is 2.41 bits per heavy atom. The van der Waals surface area contributed by atoms with Gasteiger partial charge in [0.05, 0.1) is 5.69 Å². The molecule has 0 saturated heterocycles. The van der Waals surface area contributed by atoms with Crippen LogP contribution in [0.1, 0.15) is 34.3 Å². The van der Waals surface area contributed by atoms with E-state index in [0.717, 1.165) is 27.6 Å². The quantitative estimate of drug-likeness (QED) is 0.413. The second kappa shape index (κ2) is 10.6. The number of nitrogens with zero attached hydrogens (tertiary/aromatic N) is 2. The molecule has 4 nitrogen and oxygen atoms in total. The first kappa shape index (κ1) is 21.6. The fraction of sp³-hybridized carbons (Fsp3) is 0.304. The first-order valence-electron chi connectivity index (χ1n) is 9.75. The highest BCUT2D eigenvalue weighted by Crippen LogP contribution is 2.29. The molecule has 0 saturated carbocycles. The van der Waals surface area contributed by atoms with Gasteiger partial charge >= 0.3 is 0 Å². The average Bonchev–Trinajstić information content (AvgIpc) is 3.23. The van der Waals surface area contributed by atoms with Crippen LogP contribution >= 0.6 is 23.3 Å². The van der Waals surface area contributed by atoms with E-state index in [1.165, 1.54) is 42.4 Å². The minimum Gasteiger partial charge on any atom is -0.365 e. The Morgan fingerprint density at radius 1 is 1.07 bits per heavy atom. The van der Waals surface area contributed by atoms with Crippen molar-refractivity contribution in [3.8, 4) is 11.3 Å². The van der Waals surface area contributed by atoms with Gasteiger partial charge in [0, 0.05) is 28.5 Å². The van der Waals surface area contributed by atoms with Crippen LogP contribution in [0.25, 0.3) is 11.3 Å². The number of carbonyl (C=O) groups is 1. The molecule has 0 amide bonds. The zero-order chi connectivity index (χ0) is 20.6. The number of hydrogen-bond donors (Lipinski definition) is 1. The molecule has 0 unspecified atom stereocenters. The molecule has 0 fully saturated rings. The summed E-state index contributed by atoms with van der Waals surface area (Å²) in [5.41, 5.74) is 6.12. The van der Waals surface area contributed by atoms with Crippen LogP contribution in [0.4, 0.5) is 5.13 Å². The number of fused-ring (bicyclic) bond motifs is 1. The van der Waals surface area contributed by atoms with E-state index < -0.39 is 0 Å². The van der Waals surface area contributed by atoms with Crippen molar-refractivity contribution >= 4 is 34.7 Å². The van der Waals surface area contributed by atoms with Gasteiger partial charge < -0.3 is 5.32 Å². The summed E-state index contributed by atoms with van der Waals surface area (Å²) in [6.07, 6.45) is 5.99. The molecule has 1 heterocycles. The number of anilines is 1. The minimum absolute atomic E-state index is 0.720. The van der Waals surface area contributed by atoms with Gasteiger partial charge in [-0.1, -0.05) is 24.3 Å². The average molecular weight is 426 g/mol. The molecule has 0 atom stereocenters. The van der Waals surface area contributed by atoms with Crippen molar-refractivity contribution in [3.63, 3.8) is 0 Å². The predicted octanol–water partition coefficient (Wildman–Crippen LogP) is 5.80. The summed E-state index contributed by atoms with van der Waals surface area (Å²) in [6, 6.07) is 14.3. The lowest BCUT2D eigenvalue weighted by Crippen LogP contribution is -2.02. The molecule has 1 aliphatic carbocycles. The van der Waals surface area contributed by atoms with Crippen molar-refractivity contribution in [2.24, 2.45) is 0 Å². The molecule has 4 rings (SSSR count). The third-order valence-corrected chi connectivity index (χ3v) is 6.37. The lowest BCUT2D eigenvalue weighted by Gasteiger charge is -2.15. The van der Waals surface area contributed by atoms with Crippen molar-refractivity contribution in [2.75, 3.05) is 26.5 Å². The number of carbonyl (C=O) groups excluding carboxylic acids is 1. The highest BCUT2D eigenvalue weighted by molar-refractivity contribution is 7.97. The van der Waals surface area contributed by atoms with Gasteiger partial charge in [0.25, 0.3) is 0 Å². The predicted molar refractivity (Wildman–Crippen MR) is 125 cm³/mol. The number of aromatic nitrogens is 1. The van der Waals surface area contributed by atoms with Crippen LogP contribution in [0.15, 0.2) is 52.7 Å². The van der Waals surface area contributed by atoms with E-state index in [0.29, 0.717) is 0 Å². The topological polar surface area (TPSA) is 45.2 Å². The van der Waals surface area contributed by atoms with Crippen LogP contribution in [0.3, 0.4) is 0 Å². The van der Waals surface area contributed by atoms with Crippen LogP contribution in [0.5, 0.6) is 0 Å². The summed E-state index contributed by atoms with van der Waals surface area (Å²) in [7, 11) is 5.88. The molecule has 0 spiro atoms. The molecule has 1 aromatic heterocycles. The lowest BCUT2D eigenvalue weighted by atomic mass is 9.90. The third kappa shape index (κ3) is 6.16. The highest BCUT2D eigenvalue weighted by atomic mass is 32.2. The Labute approximate surface area is 181 Å². The first-order chi connectivity index (χ1) is 14.1. The smallest absolute Gasteiger partial charge is 0.182 e. The summed E-state index contributed by atoms with van der Waals surface area (Å²) in [4.78, 5) is 16.0. The maximum Gasteiger partial charge on any atom is 0.182 e. The zero-order valence-electron chi connectivity index (χ0n) is 17.1. The molecule has 0 radical (unpaired) electrons. The van der Waals surface area contributed by atoms with E-state index in [-0.39, 0.29) is 0 Å². The Balaban J connectivity index is 0.000000177. The van der Waals surface area contributed by atoms with Crippen molar-refractivity contribution in [1.82, 2.24) is 9.29 Å². The molecular weight excluding hydrogens is 398 g/mol. The van der Waals surface area contributed by atoms with Crippen LogP contribution < -0.4 is 5.32 Å². The third-order valence-electron chi connectivity index (χ3n) is 4.67. The summed E-state index contributed by atoms with van der Waals surface area (Å²) in [6.45, 7) is 0. The van der Waals surface area contributed by atoms with Crippen LogP contribution in [-0.4, -0.2) is 36.7 Å². The molecule has 0 aliphatic heterocycles. The van der Waals surface area contributed by atoms with Crippen LogP contribution in [0, 0.1) is 0 Å². The number of aldehydes is 1. The van der Waals surface area contributed by atoms with Gasteiger partial charge in [0.2, 0.25) is 0 Å². The lowest BCUT2D eigenvalue weighted by molar-refractivity contribution is 0.112. The van der Waals surface area contributed by atoms with Gasteiger partial charge in [0.15, 0.2) is 5.13 Å². The van der Waals surface area contributed by atoms with Crippen LogP contribution in [-0.2, 0) is 12.8 Å². The van der Waals surface area contributed by atoms with Crippen molar-refractivity contribution in [3.05, 3.63) is 64.5 Å². The monoisotopic (exact) mass is 425 g/mol. The fourth-order valence-corrected chi connectivity index (χ4v) is 4.59. The molecule has 0 bridgehead atoms. The first-order valence-corrected chi connectivity index (χ1v) is 11.4. The largest absolute Gasteiger partial charge is 0.365 e. The molecule has 6 heteroatoms. The number of aryl methyl sites for hydroxylation is 2. The maximum atomic E-state index is 10.3. The Morgan fingerprint density at radius 2 is 1.79 bits per heavy atom. The van der Waals surface area contributed by atoms with E-state index in [4.69, 9.17) is 0 Å². The van der Waals surface area contributed by atoms with Crippen molar-refractivity contribution < 1.29 is 4.79 Å². The number of benzene rings is 2. The van der Waals surface area contributed by atoms with Crippen LogP contribution in [0.2, 0.25) is 0 Å². The van der Waals surface area contributed by atoms with Gasteiger partial charge in [-0.25, -0.2) is 4.98 Å². The number of thiazole rings is 1. The summed E-state index contributed by atoms with van der Waals surface area (Å²) >= 11 is 3.29. The van der Waals surface area contributed by atoms with Gasteiger partial charge in [-0.2, -0.15) is 0 Å². The Bertz CT molecular complexity index is 936. The number of hydrogen-bond acceptors (Lipinski definition) is 6. The normalized spacial score (nSPS) is 12.7.